The summed E-state index contributed by atoms with van der Waals surface area (Å²) in [4.78, 5) is 18.6. The molecule has 6 heteroatoms. The number of imidazole rings is 1. The highest BCUT2D eigenvalue weighted by atomic mass is 79.9. The van der Waals surface area contributed by atoms with Crippen molar-refractivity contribution in [1.29, 1.82) is 0 Å². The average Bonchev–Trinajstić information content (AvgIpc) is 2.39. The molecule has 0 saturated heterocycles. The van der Waals surface area contributed by atoms with Gasteiger partial charge in [-0.05, 0) is 15.9 Å². The fourth-order valence-corrected chi connectivity index (χ4v) is 1.61. The molecule has 13 heavy (non-hydrogen) atoms. The molecular formula is C7H4BrN3O2. The molecule has 2 rings (SSSR count). The van der Waals surface area contributed by atoms with Crippen LogP contribution in [0.5, 0.6) is 0 Å². The van der Waals surface area contributed by atoms with Gasteiger partial charge in [-0.1, -0.05) is 0 Å². The summed E-state index contributed by atoms with van der Waals surface area (Å²) in [7, 11) is 0. The van der Waals surface area contributed by atoms with Crippen LogP contribution in [0.3, 0.4) is 0 Å². The molecule has 0 atom stereocenters. The van der Waals surface area contributed by atoms with Gasteiger partial charge in [0, 0.05) is 12.4 Å². The number of fused-ring (bicyclic) bond motifs is 1. The molecule has 2 aromatic heterocycles. The average molecular weight is 242 g/mol. The van der Waals surface area contributed by atoms with Gasteiger partial charge < -0.3 is 5.11 Å². The van der Waals surface area contributed by atoms with E-state index in [9.17, 15) is 4.79 Å². The number of aromatic nitrogens is 3. The van der Waals surface area contributed by atoms with Crippen molar-refractivity contribution in [2.24, 2.45) is 0 Å². The van der Waals surface area contributed by atoms with E-state index in [0.717, 1.165) is 0 Å². The second-order valence-corrected chi connectivity index (χ2v) is 3.11. The molecule has 0 spiro atoms. The Balaban J connectivity index is 2.86. The molecule has 0 bridgehead atoms. The number of carboxylic acids is 1. The number of carboxylic acid groups (broad SMARTS) is 1. The Morgan fingerprint density at radius 2 is 2.38 bits per heavy atom. The number of carbonyl (C=O) groups is 1. The van der Waals surface area contributed by atoms with Gasteiger partial charge >= 0.3 is 5.97 Å². The number of aromatic carboxylic acids is 1. The van der Waals surface area contributed by atoms with Gasteiger partial charge in [-0.25, -0.2) is 9.78 Å². The van der Waals surface area contributed by atoms with Crippen LogP contribution in [0.15, 0.2) is 23.2 Å². The molecule has 0 saturated carbocycles. The molecule has 0 radical (unpaired) electrons. The van der Waals surface area contributed by atoms with E-state index >= 15 is 0 Å². The van der Waals surface area contributed by atoms with Gasteiger partial charge in [-0.15, -0.1) is 0 Å². The monoisotopic (exact) mass is 241 g/mol. The zero-order valence-corrected chi connectivity index (χ0v) is 7.89. The van der Waals surface area contributed by atoms with Gasteiger partial charge in [0.1, 0.15) is 4.60 Å². The van der Waals surface area contributed by atoms with Gasteiger partial charge in [0.2, 0.25) is 0 Å². The number of hydrogen-bond acceptors (Lipinski definition) is 3. The van der Waals surface area contributed by atoms with E-state index in [1.54, 1.807) is 6.20 Å². The van der Waals surface area contributed by atoms with E-state index in [2.05, 4.69) is 25.9 Å². The Morgan fingerprint density at radius 3 is 3.08 bits per heavy atom. The van der Waals surface area contributed by atoms with E-state index in [4.69, 9.17) is 5.11 Å². The smallest absolute Gasteiger partial charge is 0.355 e. The molecule has 66 valence electrons. The Kier molecular flexibility index (Phi) is 1.77. The normalized spacial score (nSPS) is 10.5. The summed E-state index contributed by atoms with van der Waals surface area (Å²) < 4.78 is 1.77. The van der Waals surface area contributed by atoms with E-state index in [1.165, 1.54) is 16.8 Å². The summed E-state index contributed by atoms with van der Waals surface area (Å²) in [6.07, 6.45) is 4.56. The number of halogens is 1. The third-order valence-electron chi connectivity index (χ3n) is 1.59. The Bertz CT molecular complexity index is 480. The molecule has 2 aromatic rings. The lowest BCUT2D eigenvalue weighted by Crippen LogP contribution is -2.02. The zero-order valence-electron chi connectivity index (χ0n) is 6.31. The Morgan fingerprint density at radius 1 is 1.62 bits per heavy atom. The first-order chi connectivity index (χ1) is 6.20. The third-order valence-corrected chi connectivity index (χ3v) is 2.14. The van der Waals surface area contributed by atoms with Crippen molar-refractivity contribution < 1.29 is 9.90 Å². The summed E-state index contributed by atoms with van der Waals surface area (Å²) in [6, 6.07) is 0. The maximum atomic E-state index is 10.8. The third kappa shape index (κ3) is 1.19. The molecule has 0 aliphatic heterocycles. The highest BCUT2D eigenvalue weighted by Crippen LogP contribution is 2.16. The summed E-state index contributed by atoms with van der Waals surface area (Å²) in [6.45, 7) is 0. The van der Waals surface area contributed by atoms with Crippen LogP contribution in [0.2, 0.25) is 0 Å². The number of hydrogen-bond donors (Lipinski definition) is 1. The van der Waals surface area contributed by atoms with Crippen molar-refractivity contribution in [2.75, 3.05) is 0 Å². The highest BCUT2D eigenvalue weighted by Gasteiger charge is 2.15. The molecule has 0 aliphatic carbocycles. The van der Waals surface area contributed by atoms with Gasteiger partial charge in [-0.3, -0.25) is 9.38 Å². The minimum atomic E-state index is -1.02. The van der Waals surface area contributed by atoms with Gasteiger partial charge in [0.05, 0.1) is 6.20 Å². The topological polar surface area (TPSA) is 67.5 Å². The Labute approximate surface area is 81.2 Å². The molecule has 5 nitrogen and oxygen atoms in total. The van der Waals surface area contributed by atoms with Crippen molar-refractivity contribution in [3.8, 4) is 0 Å². The molecule has 0 aromatic carbocycles. The minimum Gasteiger partial charge on any atom is -0.476 e. The molecule has 0 fully saturated rings. The number of rotatable bonds is 1. The van der Waals surface area contributed by atoms with Crippen LogP contribution in [0.4, 0.5) is 0 Å². The van der Waals surface area contributed by atoms with E-state index < -0.39 is 5.97 Å². The second kappa shape index (κ2) is 2.81. The van der Waals surface area contributed by atoms with Crippen LogP contribution in [0.25, 0.3) is 5.65 Å². The quantitative estimate of drug-likeness (QED) is 0.815. The van der Waals surface area contributed by atoms with Gasteiger partial charge in [0.15, 0.2) is 11.3 Å². The van der Waals surface area contributed by atoms with Crippen molar-refractivity contribution in [3.63, 3.8) is 0 Å². The molecule has 0 unspecified atom stereocenters. The fourth-order valence-electron chi connectivity index (χ4n) is 1.07. The van der Waals surface area contributed by atoms with Crippen LogP contribution >= 0.6 is 15.9 Å². The first-order valence-electron chi connectivity index (χ1n) is 3.41. The SMILES string of the molecule is O=C(O)c1c(Br)nc2cnccn12. The standard InChI is InChI=1S/C7H4BrN3O2/c8-6-5(7(12)13)11-2-1-9-3-4(11)10-6/h1-3H,(H,12,13). The molecule has 0 aliphatic rings. The Hall–Kier alpha value is -1.43. The highest BCUT2D eigenvalue weighted by molar-refractivity contribution is 9.10. The molecule has 1 N–H and O–H groups in total. The van der Waals surface area contributed by atoms with Gasteiger partial charge in [0.25, 0.3) is 0 Å². The first-order valence-corrected chi connectivity index (χ1v) is 4.20. The zero-order chi connectivity index (χ0) is 9.42. The lowest BCUT2D eigenvalue weighted by Gasteiger charge is -1.93. The first kappa shape index (κ1) is 8.18. The van der Waals surface area contributed by atoms with Crippen LogP contribution in [0, 0.1) is 0 Å². The summed E-state index contributed by atoms with van der Waals surface area (Å²) in [5.41, 5.74) is 0.615. The lowest BCUT2D eigenvalue weighted by molar-refractivity contribution is 0.0688. The largest absolute Gasteiger partial charge is 0.476 e. The molecule has 2 heterocycles. The predicted molar refractivity (Wildman–Crippen MR) is 47.6 cm³/mol. The van der Waals surface area contributed by atoms with Crippen molar-refractivity contribution in [2.45, 2.75) is 0 Å². The van der Waals surface area contributed by atoms with Crippen molar-refractivity contribution in [1.82, 2.24) is 14.4 Å². The van der Waals surface area contributed by atoms with Crippen molar-refractivity contribution in [3.05, 3.63) is 28.9 Å². The summed E-state index contributed by atoms with van der Waals surface area (Å²) >= 11 is 3.07. The van der Waals surface area contributed by atoms with Crippen LogP contribution in [-0.4, -0.2) is 25.4 Å². The molecular weight excluding hydrogens is 238 g/mol. The maximum absolute atomic E-state index is 10.8. The number of nitrogens with zero attached hydrogens (tertiary/aromatic N) is 3. The second-order valence-electron chi connectivity index (χ2n) is 2.36. The fraction of sp³-hybridized carbons (Fsp3) is 0. The van der Waals surface area contributed by atoms with Crippen LogP contribution in [0.1, 0.15) is 10.5 Å². The van der Waals surface area contributed by atoms with Crippen molar-refractivity contribution >= 4 is 27.5 Å². The summed E-state index contributed by atoms with van der Waals surface area (Å²) in [5.74, 6) is -1.02. The van der Waals surface area contributed by atoms with E-state index in [1.807, 2.05) is 0 Å². The minimum absolute atomic E-state index is 0.109. The maximum Gasteiger partial charge on any atom is 0.355 e. The molecule has 0 amide bonds. The van der Waals surface area contributed by atoms with Crippen LogP contribution < -0.4 is 0 Å². The van der Waals surface area contributed by atoms with Gasteiger partial charge in [-0.2, -0.15) is 0 Å². The van der Waals surface area contributed by atoms with E-state index in [-0.39, 0.29) is 5.69 Å². The van der Waals surface area contributed by atoms with Crippen LogP contribution in [-0.2, 0) is 0 Å². The van der Waals surface area contributed by atoms with E-state index in [0.29, 0.717) is 10.3 Å². The predicted octanol–water partition coefficient (Wildman–Crippen LogP) is 1.19. The summed E-state index contributed by atoms with van der Waals surface area (Å²) in [5, 5.41) is 8.84. The lowest BCUT2D eigenvalue weighted by atomic mass is 10.5.